The molecule has 9 nitrogen and oxygen atoms in total. The zero-order valence-electron chi connectivity index (χ0n) is 16.5. The molecule has 2 heterocycles. The van der Waals surface area contributed by atoms with E-state index in [2.05, 4.69) is 15.3 Å². The van der Waals surface area contributed by atoms with Gasteiger partial charge >= 0.3 is 5.69 Å². The number of halogens is 2. The number of aryl methyl sites for hydroxylation is 1. The summed E-state index contributed by atoms with van der Waals surface area (Å²) in [6.07, 6.45) is 2.93. The van der Waals surface area contributed by atoms with E-state index in [1.54, 1.807) is 19.2 Å². The highest BCUT2D eigenvalue weighted by atomic mass is 35.5. The molecule has 1 N–H and O–H groups in total. The van der Waals surface area contributed by atoms with Crippen molar-refractivity contribution in [3.8, 4) is 5.75 Å². The van der Waals surface area contributed by atoms with Crippen LogP contribution in [-0.4, -0.2) is 57.8 Å². The number of hydrogen-bond acceptors (Lipinski definition) is 6. The molecule has 1 fully saturated rings. The largest absolute Gasteiger partial charge is 0.490 e. The molecule has 0 saturated carbocycles. The summed E-state index contributed by atoms with van der Waals surface area (Å²) in [5, 5.41) is 18.6. The van der Waals surface area contributed by atoms with Crippen LogP contribution in [0.25, 0.3) is 0 Å². The minimum atomic E-state index is -0.528. The number of piperidine rings is 1. The summed E-state index contributed by atoms with van der Waals surface area (Å²) >= 11 is 11.9. The zero-order chi connectivity index (χ0) is 21.7. The molecule has 0 aliphatic carbocycles. The number of carbonyl (C=O) groups excluding carboxylic acids is 1. The molecule has 30 heavy (non-hydrogen) atoms. The fraction of sp³-hybridized carbons (Fsp3) is 0.474. The lowest BCUT2D eigenvalue weighted by molar-refractivity contribution is -0.385. The lowest BCUT2D eigenvalue weighted by atomic mass is 10.1. The van der Waals surface area contributed by atoms with Crippen molar-refractivity contribution in [3.05, 3.63) is 50.2 Å². The van der Waals surface area contributed by atoms with E-state index in [-0.39, 0.29) is 29.8 Å². The molecule has 1 aromatic carbocycles. The van der Waals surface area contributed by atoms with Crippen LogP contribution in [0.3, 0.4) is 0 Å². The number of nitrogens with zero attached hydrogens (tertiary/aromatic N) is 4. The monoisotopic (exact) mass is 455 g/mol. The van der Waals surface area contributed by atoms with Gasteiger partial charge in [-0.1, -0.05) is 23.2 Å². The van der Waals surface area contributed by atoms with Gasteiger partial charge in [-0.3, -0.25) is 19.6 Å². The minimum Gasteiger partial charge on any atom is -0.490 e. The van der Waals surface area contributed by atoms with E-state index in [0.29, 0.717) is 28.9 Å². The second-order valence-electron chi connectivity index (χ2n) is 7.12. The maximum Gasteiger partial charge on any atom is 0.310 e. The van der Waals surface area contributed by atoms with Crippen molar-refractivity contribution in [1.29, 1.82) is 0 Å². The smallest absolute Gasteiger partial charge is 0.310 e. The number of hydrogen-bond donors (Lipinski definition) is 1. The molecule has 1 aliphatic rings. The minimum absolute atomic E-state index is 0.0770. The van der Waals surface area contributed by atoms with Crippen molar-refractivity contribution in [2.24, 2.45) is 7.05 Å². The maximum absolute atomic E-state index is 12.2. The summed E-state index contributed by atoms with van der Waals surface area (Å²) in [5.41, 5.74) is 0.148. The van der Waals surface area contributed by atoms with E-state index >= 15 is 0 Å². The lowest BCUT2D eigenvalue weighted by Crippen LogP contribution is -2.42. The van der Waals surface area contributed by atoms with Crippen LogP contribution in [0, 0.1) is 10.1 Å². The summed E-state index contributed by atoms with van der Waals surface area (Å²) < 4.78 is 7.34. The number of amides is 1. The number of rotatable bonds is 8. The Morgan fingerprint density at radius 1 is 1.33 bits per heavy atom. The van der Waals surface area contributed by atoms with Gasteiger partial charge in [0.1, 0.15) is 23.7 Å². The standard InChI is InChI=1S/C19H23Cl2N5O4/c1-24-17(18(12-23-24)26(28)29)11-19(27)22-6-9-25-7-4-13(5-8-25)30-14-2-3-15(20)16(21)10-14/h2-3,10,12-13H,4-9,11H2,1H3,(H,22,27). The number of benzene rings is 1. The first-order valence-corrected chi connectivity index (χ1v) is 10.3. The quantitative estimate of drug-likeness (QED) is 0.484. The number of carbonyl (C=O) groups is 1. The summed E-state index contributed by atoms with van der Waals surface area (Å²) in [4.78, 5) is 24.9. The molecule has 1 saturated heterocycles. The molecule has 0 spiro atoms. The van der Waals surface area contributed by atoms with Crippen LogP contribution in [0.5, 0.6) is 5.75 Å². The van der Waals surface area contributed by atoms with E-state index in [9.17, 15) is 14.9 Å². The van der Waals surface area contributed by atoms with Gasteiger partial charge in [-0.2, -0.15) is 5.10 Å². The zero-order valence-corrected chi connectivity index (χ0v) is 18.0. The first-order chi connectivity index (χ1) is 14.3. The molecule has 0 radical (unpaired) electrons. The van der Waals surface area contributed by atoms with Crippen LogP contribution in [-0.2, 0) is 18.3 Å². The predicted octanol–water partition coefficient (Wildman–Crippen LogP) is 2.84. The van der Waals surface area contributed by atoms with Crippen molar-refractivity contribution in [2.75, 3.05) is 26.2 Å². The Bertz CT molecular complexity index is 912. The Morgan fingerprint density at radius 3 is 2.73 bits per heavy atom. The third-order valence-electron chi connectivity index (χ3n) is 5.04. The van der Waals surface area contributed by atoms with Crippen LogP contribution in [0.1, 0.15) is 18.5 Å². The molecule has 0 bridgehead atoms. The number of aromatic nitrogens is 2. The van der Waals surface area contributed by atoms with E-state index in [4.69, 9.17) is 27.9 Å². The number of likely N-dealkylation sites (tertiary alicyclic amines) is 1. The predicted molar refractivity (Wildman–Crippen MR) is 113 cm³/mol. The van der Waals surface area contributed by atoms with Crippen molar-refractivity contribution < 1.29 is 14.5 Å². The average Bonchev–Trinajstić information content (AvgIpc) is 3.07. The first kappa shape index (κ1) is 22.3. The molecule has 1 aromatic heterocycles. The van der Waals surface area contributed by atoms with Crippen LogP contribution in [0.2, 0.25) is 10.0 Å². The molecule has 2 aromatic rings. The topological polar surface area (TPSA) is 103 Å². The summed E-state index contributed by atoms with van der Waals surface area (Å²) in [6.45, 7) is 2.89. The molecular formula is C19H23Cl2N5O4. The third kappa shape index (κ3) is 5.84. The average molecular weight is 456 g/mol. The number of nitro groups is 1. The fourth-order valence-electron chi connectivity index (χ4n) is 3.37. The van der Waals surface area contributed by atoms with Crippen LogP contribution in [0.15, 0.2) is 24.4 Å². The Kier molecular flexibility index (Phi) is 7.52. The first-order valence-electron chi connectivity index (χ1n) is 9.59. The van der Waals surface area contributed by atoms with Crippen LogP contribution >= 0.6 is 23.2 Å². The van der Waals surface area contributed by atoms with E-state index < -0.39 is 4.92 Å². The normalized spacial score (nSPS) is 15.2. The second-order valence-corrected chi connectivity index (χ2v) is 7.93. The molecule has 11 heteroatoms. The van der Waals surface area contributed by atoms with Crippen molar-refractivity contribution >= 4 is 34.8 Å². The summed E-state index contributed by atoms with van der Waals surface area (Å²) in [5.74, 6) is 0.443. The highest BCUT2D eigenvalue weighted by Crippen LogP contribution is 2.28. The van der Waals surface area contributed by atoms with Gasteiger partial charge in [0, 0.05) is 39.3 Å². The maximum atomic E-state index is 12.2. The summed E-state index contributed by atoms with van der Waals surface area (Å²) in [7, 11) is 1.58. The van der Waals surface area contributed by atoms with Gasteiger partial charge in [0.2, 0.25) is 5.91 Å². The number of nitrogens with one attached hydrogen (secondary N) is 1. The van der Waals surface area contributed by atoms with E-state index in [1.165, 1.54) is 4.68 Å². The molecule has 1 aliphatic heterocycles. The van der Waals surface area contributed by atoms with Crippen LogP contribution < -0.4 is 10.1 Å². The van der Waals surface area contributed by atoms with E-state index in [1.807, 2.05) is 6.07 Å². The highest BCUT2D eigenvalue weighted by molar-refractivity contribution is 6.42. The van der Waals surface area contributed by atoms with Gasteiger partial charge in [-0.15, -0.1) is 0 Å². The van der Waals surface area contributed by atoms with E-state index in [0.717, 1.165) is 32.1 Å². The lowest BCUT2D eigenvalue weighted by Gasteiger charge is -2.32. The van der Waals surface area contributed by atoms with Gasteiger partial charge in [0.25, 0.3) is 0 Å². The highest BCUT2D eigenvalue weighted by Gasteiger charge is 2.23. The number of ether oxygens (including phenoxy) is 1. The van der Waals surface area contributed by atoms with Crippen molar-refractivity contribution in [3.63, 3.8) is 0 Å². The molecule has 0 atom stereocenters. The second kappa shape index (κ2) is 10.1. The Hall–Kier alpha value is -2.36. The Balaban J connectivity index is 1.37. The van der Waals surface area contributed by atoms with Gasteiger partial charge in [-0.05, 0) is 25.0 Å². The molecular weight excluding hydrogens is 433 g/mol. The molecule has 1 amide bonds. The van der Waals surface area contributed by atoms with Gasteiger partial charge in [0.05, 0.1) is 21.4 Å². The van der Waals surface area contributed by atoms with Gasteiger partial charge in [-0.25, -0.2) is 0 Å². The van der Waals surface area contributed by atoms with Gasteiger partial charge in [0.15, 0.2) is 0 Å². The third-order valence-corrected chi connectivity index (χ3v) is 5.78. The molecule has 3 rings (SSSR count). The molecule has 0 unspecified atom stereocenters. The van der Waals surface area contributed by atoms with Gasteiger partial charge < -0.3 is 15.0 Å². The summed E-state index contributed by atoms with van der Waals surface area (Å²) in [6, 6.07) is 5.25. The van der Waals surface area contributed by atoms with Crippen molar-refractivity contribution in [1.82, 2.24) is 20.0 Å². The van der Waals surface area contributed by atoms with Crippen molar-refractivity contribution in [2.45, 2.75) is 25.4 Å². The molecule has 162 valence electrons. The SMILES string of the molecule is Cn1ncc([N+](=O)[O-])c1CC(=O)NCCN1CCC(Oc2ccc(Cl)c(Cl)c2)CC1. The Labute approximate surface area is 184 Å². The van der Waals surface area contributed by atoms with Crippen LogP contribution in [0.4, 0.5) is 5.69 Å². The Morgan fingerprint density at radius 2 is 2.07 bits per heavy atom. The fourth-order valence-corrected chi connectivity index (χ4v) is 3.66.